The van der Waals surface area contributed by atoms with Crippen LogP contribution in [0.4, 0.5) is 5.69 Å². The Balaban J connectivity index is 1.65. The minimum atomic E-state index is 0.0383. The molecule has 1 amide bonds. The van der Waals surface area contributed by atoms with E-state index in [9.17, 15) is 4.79 Å². The molecule has 0 aliphatic rings. The van der Waals surface area contributed by atoms with Crippen molar-refractivity contribution in [3.63, 3.8) is 0 Å². The highest BCUT2D eigenvalue weighted by molar-refractivity contribution is 5.76. The monoisotopic (exact) mass is 259 g/mol. The smallest absolute Gasteiger partial charge is 0.220 e. The topological polar surface area (TPSA) is 96.7 Å². The van der Waals surface area contributed by atoms with Gasteiger partial charge in [-0.3, -0.25) is 9.89 Å². The second-order valence-electron chi connectivity index (χ2n) is 4.27. The first-order chi connectivity index (χ1) is 9.24. The van der Waals surface area contributed by atoms with Gasteiger partial charge in [-0.2, -0.15) is 5.10 Å². The standard InChI is InChI=1S/C13H17N5O/c14-11-4-1-10(2-5-11)3-6-13(19)15-8-7-12-16-9-17-18-12/h1-2,4-5,9H,3,6-8,14H2,(H,15,19)(H,16,17,18). The first-order valence-corrected chi connectivity index (χ1v) is 6.19. The second-order valence-corrected chi connectivity index (χ2v) is 4.27. The zero-order valence-electron chi connectivity index (χ0n) is 10.6. The molecule has 1 aromatic carbocycles. The van der Waals surface area contributed by atoms with Crippen molar-refractivity contribution in [1.29, 1.82) is 0 Å². The van der Waals surface area contributed by atoms with E-state index in [2.05, 4.69) is 20.5 Å². The number of nitrogen functional groups attached to an aromatic ring is 1. The lowest BCUT2D eigenvalue weighted by Crippen LogP contribution is -2.26. The molecule has 0 radical (unpaired) electrons. The Hall–Kier alpha value is -2.37. The predicted molar refractivity (Wildman–Crippen MR) is 72.3 cm³/mol. The summed E-state index contributed by atoms with van der Waals surface area (Å²) >= 11 is 0. The third-order valence-corrected chi connectivity index (χ3v) is 2.77. The number of nitrogens with one attached hydrogen (secondary N) is 2. The maximum atomic E-state index is 11.6. The average Bonchev–Trinajstić information content (AvgIpc) is 2.91. The van der Waals surface area contributed by atoms with E-state index >= 15 is 0 Å². The summed E-state index contributed by atoms with van der Waals surface area (Å²) in [6.07, 6.45) is 3.31. The van der Waals surface area contributed by atoms with Crippen molar-refractivity contribution in [1.82, 2.24) is 20.5 Å². The van der Waals surface area contributed by atoms with Gasteiger partial charge in [0.15, 0.2) is 0 Å². The van der Waals surface area contributed by atoms with E-state index in [0.29, 0.717) is 25.8 Å². The summed E-state index contributed by atoms with van der Waals surface area (Å²) in [4.78, 5) is 15.6. The van der Waals surface area contributed by atoms with Crippen LogP contribution >= 0.6 is 0 Å². The fourth-order valence-electron chi connectivity index (χ4n) is 1.70. The Labute approximate surface area is 111 Å². The van der Waals surface area contributed by atoms with E-state index < -0.39 is 0 Å². The molecular weight excluding hydrogens is 242 g/mol. The SMILES string of the molecule is Nc1ccc(CCC(=O)NCCc2ncn[nH]2)cc1. The molecule has 19 heavy (non-hydrogen) atoms. The van der Waals surface area contributed by atoms with E-state index in [0.717, 1.165) is 17.1 Å². The zero-order chi connectivity index (χ0) is 13.5. The summed E-state index contributed by atoms with van der Waals surface area (Å²) in [7, 11) is 0. The molecule has 2 aromatic rings. The van der Waals surface area contributed by atoms with Gasteiger partial charge in [-0.05, 0) is 24.1 Å². The molecular formula is C13H17N5O. The van der Waals surface area contributed by atoms with Crippen LogP contribution in [-0.4, -0.2) is 27.6 Å². The number of rotatable bonds is 6. The van der Waals surface area contributed by atoms with Gasteiger partial charge in [0.25, 0.3) is 0 Å². The summed E-state index contributed by atoms with van der Waals surface area (Å²) in [6.45, 7) is 0.565. The van der Waals surface area contributed by atoms with Crippen molar-refractivity contribution in [3.8, 4) is 0 Å². The lowest BCUT2D eigenvalue weighted by atomic mass is 10.1. The number of carbonyl (C=O) groups excluding carboxylic acids is 1. The molecule has 2 rings (SSSR count). The number of hydrogen-bond donors (Lipinski definition) is 3. The van der Waals surface area contributed by atoms with Crippen molar-refractivity contribution < 1.29 is 4.79 Å². The quantitative estimate of drug-likeness (QED) is 0.664. The van der Waals surface area contributed by atoms with Crippen LogP contribution in [0.5, 0.6) is 0 Å². The Kier molecular flexibility index (Phi) is 4.49. The maximum absolute atomic E-state index is 11.6. The second kappa shape index (κ2) is 6.53. The molecule has 0 aliphatic carbocycles. The van der Waals surface area contributed by atoms with Crippen LogP contribution in [0.2, 0.25) is 0 Å². The number of anilines is 1. The molecule has 0 saturated heterocycles. The minimum absolute atomic E-state index is 0.0383. The molecule has 1 heterocycles. The van der Waals surface area contributed by atoms with E-state index in [1.54, 1.807) is 0 Å². The number of nitrogens with two attached hydrogens (primary N) is 1. The van der Waals surface area contributed by atoms with Gasteiger partial charge in [0.05, 0.1) is 0 Å². The number of aromatic amines is 1. The molecule has 1 aromatic heterocycles. The number of carbonyl (C=O) groups is 1. The van der Waals surface area contributed by atoms with Crippen molar-refractivity contribution in [2.75, 3.05) is 12.3 Å². The van der Waals surface area contributed by atoms with Crippen molar-refractivity contribution in [2.45, 2.75) is 19.3 Å². The van der Waals surface area contributed by atoms with Crippen LogP contribution in [0.1, 0.15) is 17.8 Å². The molecule has 100 valence electrons. The van der Waals surface area contributed by atoms with Gasteiger partial charge in [0.2, 0.25) is 5.91 Å². The molecule has 0 aliphatic heterocycles. The molecule has 0 atom stereocenters. The number of aryl methyl sites for hydroxylation is 1. The van der Waals surface area contributed by atoms with Crippen molar-refractivity contribution >= 4 is 11.6 Å². The summed E-state index contributed by atoms with van der Waals surface area (Å²) < 4.78 is 0. The van der Waals surface area contributed by atoms with Gasteiger partial charge in [0, 0.05) is 25.1 Å². The summed E-state index contributed by atoms with van der Waals surface area (Å²) in [5.74, 6) is 0.815. The summed E-state index contributed by atoms with van der Waals surface area (Å²) in [5.41, 5.74) is 7.45. The number of hydrogen-bond acceptors (Lipinski definition) is 4. The number of nitrogens with zero attached hydrogens (tertiary/aromatic N) is 2. The predicted octanol–water partition coefficient (Wildman–Crippen LogP) is 0.678. The summed E-state index contributed by atoms with van der Waals surface area (Å²) in [6, 6.07) is 7.57. The van der Waals surface area contributed by atoms with E-state index in [1.165, 1.54) is 6.33 Å². The fourth-order valence-corrected chi connectivity index (χ4v) is 1.70. The first-order valence-electron chi connectivity index (χ1n) is 6.19. The number of H-pyrrole nitrogens is 1. The van der Waals surface area contributed by atoms with E-state index in [-0.39, 0.29) is 5.91 Å². The molecule has 6 heteroatoms. The van der Waals surface area contributed by atoms with Gasteiger partial charge in [-0.15, -0.1) is 0 Å². The number of benzene rings is 1. The van der Waals surface area contributed by atoms with Crippen LogP contribution in [-0.2, 0) is 17.6 Å². The highest BCUT2D eigenvalue weighted by atomic mass is 16.1. The van der Waals surface area contributed by atoms with Crippen molar-refractivity contribution in [3.05, 3.63) is 42.0 Å². The van der Waals surface area contributed by atoms with Crippen LogP contribution in [0.15, 0.2) is 30.6 Å². The molecule has 0 unspecified atom stereocenters. The highest BCUT2D eigenvalue weighted by Crippen LogP contribution is 2.07. The van der Waals surface area contributed by atoms with Gasteiger partial charge in [-0.25, -0.2) is 4.98 Å². The Morgan fingerprint density at radius 3 is 2.74 bits per heavy atom. The van der Waals surface area contributed by atoms with Gasteiger partial charge < -0.3 is 11.1 Å². The fraction of sp³-hybridized carbons (Fsp3) is 0.308. The van der Waals surface area contributed by atoms with Gasteiger partial charge in [0.1, 0.15) is 12.2 Å². The maximum Gasteiger partial charge on any atom is 0.220 e. The number of amides is 1. The Bertz CT molecular complexity index is 506. The van der Waals surface area contributed by atoms with Crippen LogP contribution < -0.4 is 11.1 Å². The van der Waals surface area contributed by atoms with Crippen LogP contribution in [0.25, 0.3) is 0 Å². The molecule has 4 N–H and O–H groups in total. The highest BCUT2D eigenvalue weighted by Gasteiger charge is 2.02. The van der Waals surface area contributed by atoms with Crippen LogP contribution in [0.3, 0.4) is 0 Å². The average molecular weight is 259 g/mol. The summed E-state index contributed by atoms with van der Waals surface area (Å²) in [5, 5.41) is 9.34. The third kappa shape index (κ3) is 4.42. The molecule has 0 spiro atoms. The molecule has 0 fully saturated rings. The lowest BCUT2D eigenvalue weighted by molar-refractivity contribution is -0.121. The normalized spacial score (nSPS) is 10.3. The van der Waals surface area contributed by atoms with Gasteiger partial charge in [-0.1, -0.05) is 12.1 Å². The lowest BCUT2D eigenvalue weighted by Gasteiger charge is -2.04. The molecule has 0 saturated carbocycles. The molecule has 0 bridgehead atoms. The largest absolute Gasteiger partial charge is 0.399 e. The first kappa shape index (κ1) is 13.1. The third-order valence-electron chi connectivity index (χ3n) is 2.77. The van der Waals surface area contributed by atoms with E-state index in [1.807, 2.05) is 24.3 Å². The minimum Gasteiger partial charge on any atom is -0.399 e. The van der Waals surface area contributed by atoms with Crippen LogP contribution in [0, 0.1) is 0 Å². The van der Waals surface area contributed by atoms with E-state index in [4.69, 9.17) is 5.73 Å². The van der Waals surface area contributed by atoms with Gasteiger partial charge >= 0.3 is 0 Å². The Morgan fingerprint density at radius 1 is 1.26 bits per heavy atom. The number of aromatic nitrogens is 3. The zero-order valence-corrected chi connectivity index (χ0v) is 10.6. The molecule has 6 nitrogen and oxygen atoms in total. The van der Waals surface area contributed by atoms with Crippen molar-refractivity contribution in [2.24, 2.45) is 0 Å². The Morgan fingerprint density at radius 2 is 2.05 bits per heavy atom.